The number of nitrogens with zero attached hydrogens (tertiary/aromatic N) is 2. The molecular weight excluding hydrogens is 434 g/mol. The van der Waals surface area contributed by atoms with Gasteiger partial charge in [0, 0.05) is 41.7 Å². The second kappa shape index (κ2) is 8.19. The number of carbonyl (C=O) groups is 1. The lowest BCUT2D eigenvalue weighted by Crippen LogP contribution is -2.55. The van der Waals surface area contributed by atoms with Crippen molar-refractivity contribution < 1.29 is 4.79 Å². The number of nitrogens with one attached hydrogen (secondary N) is 1. The molecule has 1 aromatic carbocycles. The summed E-state index contributed by atoms with van der Waals surface area (Å²) in [4.78, 5) is 29.2. The van der Waals surface area contributed by atoms with Crippen molar-refractivity contribution in [3.63, 3.8) is 0 Å². The number of anilines is 1. The summed E-state index contributed by atoms with van der Waals surface area (Å²) in [6.45, 7) is 10.0. The van der Waals surface area contributed by atoms with Gasteiger partial charge in [0.05, 0.1) is 0 Å². The van der Waals surface area contributed by atoms with E-state index < -0.39 is 0 Å². The van der Waals surface area contributed by atoms with Gasteiger partial charge in [-0.3, -0.25) is 14.5 Å². The second-order valence-electron chi connectivity index (χ2n) is 13.3. The van der Waals surface area contributed by atoms with Gasteiger partial charge in [0.1, 0.15) is 0 Å². The molecule has 4 bridgehead atoms. The number of benzene rings is 1. The molecule has 5 heteroatoms. The van der Waals surface area contributed by atoms with Crippen molar-refractivity contribution in [3.8, 4) is 0 Å². The molecular formula is C30H41N3O2. The van der Waals surface area contributed by atoms with E-state index in [1.54, 1.807) is 0 Å². The van der Waals surface area contributed by atoms with Crippen molar-refractivity contribution >= 4 is 22.4 Å². The Morgan fingerprint density at radius 2 is 1.83 bits per heavy atom. The van der Waals surface area contributed by atoms with Crippen LogP contribution in [-0.2, 0) is 11.3 Å². The molecule has 0 radical (unpaired) electrons. The number of fused-ring (bicyclic) bond motifs is 1. The normalized spacial score (nSPS) is 36.2. The van der Waals surface area contributed by atoms with Crippen molar-refractivity contribution in [1.29, 1.82) is 0 Å². The minimum atomic E-state index is 0.0449. The van der Waals surface area contributed by atoms with Gasteiger partial charge in [-0.15, -0.1) is 0 Å². The summed E-state index contributed by atoms with van der Waals surface area (Å²) in [5, 5.41) is 4.77. The van der Waals surface area contributed by atoms with Crippen LogP contribution in [0.5, 0.6) is 0 Å². The lowest BCUT2D eigenvalue weighted by atomic mass is 9.40. The smallest absolute Gasteiger partial charge is 0.258 e. The van der Waals surface area contributed by atoms with Crippen LogP contribution in [0.3, 0.4) is 0 Å². The van der Waals surface area contributed by atoms with E-state index in [1.165, 1.54) is 44.9 Å². The van der Waals surface area contributed by atoms with E-state index in [1.807, 2.05) is 35.0 Å². The maximum absolute atomic E-state index is 13.4. The summed E-state index contributed by atoms with van der Waals surface area (Å²) < 4.78 is 1.86. The highest BCUT2D eigenvalue weighted by Gasteiger charge is 2.60. The van der Waals surface area contributed by atoms with Crippen LogP contribution in [0.2, 0.25) is 0 Å². The number of rotatable bonds is 6. The third-order valence-corrected chi connectivity index (χ3v) is 9.88. The Balaban J connectivity index is 1.22. The summed E-state index contributed by atoms with van der Waals surface area (Å²) in [6, 6.07) is 8.20. The lowest BCUT2D eigenvalue weighted by molar-refractivity contribution is -0.153. The molecule has 1 saturated heterocycles. The molecule has 188 valence electrons. The van der Waals surface area contributed by atoms with E-state index in [9.17, 15) is 9.59 Å². The second-order valence-corrected chi connectivity index (χ2v) is 13.3. The molecule has 1 aliphatic heterocycles. The topological polar surface area (TPSA) is 54.3 Å². The van der Waals surface area contributed by atoms with Crippen LogP contribution < -0.4 is 10.9 Å². The predicted molar refractivity (Wildman–Crippen MR) is 142 cm³/mol. The molecule has 5 fully saturated rings. The van der Waals surface area contributed by atoms with Crippen LogP contribution in [0, 0.1) is 22.2 Å². The van der Waals surface area contributed by atoms with Crippen molar-refractivity contribution in [2.24, 2.45) is 22.2 Å². The molecule has 1 amide bonds. The highest BCUT2D eigenvalue weighted by Crippen LogP contribution is 2.70. The molecule has 2 aromatic rings. The Kier molecular flexibility index (Phi) is 5.45. The van der Waals surface area contributed by atoms with Crippen LogP contribution in [-0.4, -0.2) is 34.5 Å². The maximum atomic E-state index is 13.4. The fourth-order valence-electron chi connectivity index (χ4n) is 9.73. The summed E-state index contributed by atoms with van der Waals surface area (Å²) in [5.74, 6) is 0.897. The molecule has 5 aliphatic rings. The van der Waals surface area contributed by atoms with Crippen LogP contribution in [0.4, 0.5) is 5.69 Å². The molecule has 0 spiro atoms. The van der Waals surface area contributed by atoms with Crippen molar-refractivity contribution in [2.75, 3.05) is 18.4 Å². The van der Waals surface area contributed by atoms with E-state index in [-0.39, 0.29) is 16.9 Å². The Labute approximate surface area is 209 Å². The molecule has 4 aliphatic carbocycles. The first-order valence-electron chi connectivity index (χ1n) is 13.9. The highest BCUT2D eigenvalue weighted by molar-refractivity contribution is 6.02. The van der Waals surface area contributed by atoms with E-state index in [4.69, 9.17) is 0 Å². The van der Waals surface area contributed by atoms with Gasteiger partial charge in [-0.25, -0.2) is 0 Å². The number of likely N-dealkylation sites (N-methyl/N-ethyl adjacent to an activating group) is 1. The number of aromatic nitrogens is 1. The Morgan fingerprint density at radius 3 is 2.54 bits per heavy atom. The zero-order chi connectivity index (χ0) is 24.4. The molecule has 35 heavy (non-hydrogen) atoms. The van der Waals surface area contributed by atoms with Gasteiger partial charge >= 0.3 is 0 Å². The molecule has 3 unspecified atom stereocenters. The first-order valence-corrected chi connectivity index (χ1v) is 13.9. The van der Waals surface area contributed by atoms with Gasteiger partial charge < -0.3 is 9.88 Å². The lowest BCUT2D eigenvalue weighted by Gasteiger charge is -2.65. The maximum Gasteiger partial charge on any atom is 0.258 e. The van der Waals surface area contributed by atoms with Gasteiger partial charge in [0.2, 0.25) is 5.91 Å². The summed E-state index contributed by atoms with van der Waals surface area (Å²) >= 11 is 0. The molecule has 3 atom stereocenters. The number of carbonyl (C=O) groups excluding carboxylic acids is 1. The van der Waals surface area contributed by atoms with E-state index >= 15 is 0 Å². The standard InChI is InChI=1S/C30H41N3O2/c1-4-32-11-6-7-22(32)17-33-12-10-23-24(27(33)35)8-5-9-25(23)31-26(34)16-30-15-21-13-28(2,19-30)18-29(3,14-21)20-30/h5,8-10,12,21-22H,4,6-7,11,13-20H2,1-3H3,(H,31,34). The van der Waals surface area contributed by atoms with Crippen LogP contribution in [0.25, 0.3) is 10.8 Å². The molecule has 2 heterocycles. The van der Waals surface area contributed by atoms with Crippen LogP contribution in [0.15, 0.2) is 35.3 Å². The first kappa shape index (κ1) is 23.3. The van der Waals surface area contributed by atoms with Crippen molar-refractivity contribution in [2.45, 2.75) is 91.1 Å². The Morgan fingerprint density at radius 1 is 1.06 bits per heavy atom. The van der Waals surface area contributed by atoms with E-state index in [0.717, 1.165) is 43.0 Å². The third kappa shape index (κ3) is 4.14. The van der Waals surface area contributed by atoms with Gasteiger partial charge in [-0.2, -0.15) is 0 Å². The Bertz CT molecular complexity index is 1200. The highest BCUT2D eigenvalue weighted by atomic mass is 16.1. The zero-order valence-electron chi connectivity index (χ0n) is 21.7. The minimum absolute atomic E-state index is 0.0449. The van der Waals surface area contributed by atoms with Crippen LogP contribution >= 0.6 is 0 Å². The van der Waals surface area contributed by atoms with Crippen molar-refractivity contribution in [1.82, 2.24) is 9.47 Å². The van der Waals surface area contributed by atoms with Gasteiger partial charge in [-0.05, 0) is 105 Å². The zero-order valence-corrected chi connectivity index (χ0v) is 21.7. The van der Waals surface area contributed by atoms with Gasteiger partial charge in [0.25, 0.3) is 5.56 Å². The fraction of sp³-hybridized carbons (Fsp3) is 0.667. The molecule has 1 aromatic heterocycles. The quantitative estimate of drug-likeness (QED) is 0.573. The van der Waals surface area contributed by atoms with Crippen LogP contribution in [0.1, 0.15) is 78.6 Å². The van der Waals surface area contributed by atoms with E-state index in [0.29, 0.717) is 28.7 Å². The Hall–Kier alpha value is -2.14. The molecule has 4 saturated carbocycles. The monoisotopic (exact) mass is 475 g/mol. The number of hydrogen-bond acceptors (Lipinski definition) is 3. The number of likely N-dealkylation sites (tertiary alicyclic amines) is 1. The van der Waals surface area contributed by atoms with Crippen molar-refractivity contribution in [3.05, 3.63) is 40.8 Å². The summed E-state index contributed by atoms with van der Waals surface area (Å²) in [5.41, 5.74) is 1.78. The summed E-state index contributed by atoms with van der Waals surface area (Å²) in [7, 11) is 0. The largest absolute Gasteiger partial charge is 0.325 e. The molecule has 1 N–H and O–H groups in total. The van der Waals surface area contributed by atoms with Gasteiger partial charge in [0.15, 0.2) is 0 Å². The molecule has 7 rings (SSSR count). The number of hydrogen-bond donors (Lipinski definition) is 1. The number of amides is 1. The van der Waals surface area contributed by atoms with E-state index in [2.05, 4.69) is 31.0 Å². The van der Waals surface area contributed by atoms with Gasteiger partial charge in [-0.1, -0.05) is 26.8 Å². The average Bonchev–Trinajstić information content (AvgIpc) is 3.20. The minimum Gasteiger partial charge on any atom is -0.325 e. The summed E-state index contributed by atoms with van der Waals surface area (Å²) in [6.07, 6.45) is 12.5. The third-order valence-electron chi connectivity index (χ3n) is 9.88. The number of pyridine rings is 1. The SMILES string of the molecule is CCN1CCCC1Cn1ccc2c(NC(=O)CC34CC5CC(C)(CC(C)(C5)C3)C4)cccc2c1=O. The predicted octanol–water partition coefficient (Wildman–Crippen LogP) is 5.81. The first-order chi connectivity index (χ1) is 16.7. The average molecular weight is 476 g/mol. The molecule has 5 nitrogen and oxygen atoms in total. The fourth-order valence-corrected chi connectivity index (χ4v) is 9.73.